The second-order valence-corrected chi connectivity index (χ2v) is 4.51. The van der Waals surface area contributed by atoms with E-state index in [1.807, 2.05) is 43.3 Å². The van der Waals surface area contributed by atoms with E-state index in [0.29, 0.717) is 12.4 Å². The van der Waals surface area contributed by atoms with Crippen LogP contribution in [0.1, 0.15) is 11.3 Å². The lowest BCUT2D eigenvalue weighted by atomic mass is 10.2. The molecule has 0 saturated carbocycles. The molecule has 0 aliphatic rings. The van der Waals surface area contributed by atoms with Crippen LogP contribution in [0.5, 0.6) is 11.6 Å². The van der Waals surface area contributed by atoms with E-state index in [4.69, 9.17) is 10.5 Å². The van der Waals surface area contributed by atoms with E-state index in [9.17, 15) is 0 Å². The summed E-state index contributed by atoms with van der Waals surface area (Å²) in [5, 5.41) is 0. The van der Waals surface area contributed by atoms with E-state index >= 15 is 0 Å². The van der Waals surface area contributed by atoms with E-state index in [-0.39, 0.29) is 0 Å². The highest BCUT2D eigenvalue weighted by atomic mass is 79.9. The molecule has 0 aliphatic heterocycles. The van der Waals surface area contributed by atoms with Gasteiger partial charge in [0.1, 0.15) is 5.75 Å². The third-order valence-electron chi connectivity index (χ3n) is 2.34. The van der Waals surface area contributed by atoms with Crippen LogP contribution in [-0.2, 0) is 6.54 Å². The molecule has 0 saturated heterocycles. The number of rotatable bonds is 3. The van der Waals surface area contributed by atoms with Crippen LogP contribution >= 0.6 is 15.9 Å². The Hall–Kier alpha value is -1.39. The van der Waals surface area contributed by atoms with E-state index in [0.717, 1.165) is 21.5 Å². The topological polar surface area (TPSA) is 48.1 Å². The number of para-hydroxylation sites is 1. The van der Waals surface area contributed by atoms with Gasteiger partial charge >= 0.3 is 0 Å². The molecule has 0 radical (unpaired) electrons. The fraction of sp³-hybridized carbons (Fsp3) is 0.154. The molecule has 0 bridgehead atoms. The van der Waals surface area contributed by atoms with Gasteiger partial charge in [0.05, 0.1) is 4.47 Å². The monoisotopic (exact) mass is 292 g/mol. The number of pyridine rings is 1. The molecule has 2 aromatic rings. The second kappa shape index (κ2) is 5.29. The number of hydrogen-bond donors (Lipinski definition) is 1. The minimum absolute atomic E-state index is 0.410. The first-order valence-electron chi connectivity index (χ1n) is 5.29. The first kappa shape index (κ1) is 12.1. The Morgan fingerprint density at radius 3 is 2.71 bits per heavy atom. The normalized spacial score (nSPS) is 10.3. The van der Waals surface area contributed by atoms with Gasteiger partial charge in [0, 0.05) is 17.8 Å². The lowest BCUT2D eigenvalue weighted by Gasteiger charge is -2.10. The van der Waals surface area contributed by atoms with Crippen molar-refractivity contribution in [3.8, 4) is 11.6 Å². The van der Waals surface area contributed by atoms with Crippen LogP contribution in [0.4, 0.5) is 0 Å². The number of hydrogen-bond acceptors (Lipinski definition) is 3. The van der Waals surface area contributed by atoms with Crippen LogP contribution in [0.15, 0.2) is 40.9 Å². The molecule has 2 N–H and O–H groups in total. The average molecular weight is 293 g/mol. The summed E-state index contributed by atoms with van der Waals surface area (Å²) >= 11 is 3.43. The van der Waals surface area contributed by atoms with Crippen LogP contribution in [0.25, 0.3) is 0 Å². The van der Waals surface area contributed by atoms with Gasteiger partial charge in [-0.25, -0.2) is 4.98 Å². The first-order chi connectivity index (χ1) is 8.20. The van der Waals surface area contributed by atoms with Crippen molar-refractivity contribution in [1.29, 1.82) is 0 Å². The number of ether oxygens (including phenoxy) is 1. The molecule has 4 heteroatoms. The van der Waals surface area contributed by atoms with Gasteiger partial charge in [-0.3, -0.25) is 0 Å². The molecule has 1 aromatic carbocycles. The predicted molar refractivity (Wildman–Crippen MR) is 71.1 cm³/mol. The van der Waals surface area contributed by atoms with Gasteiger partial charge in [-0.15, -0.1) is 0 Å². The molecule has 0 amide bonds. The van der Waals surface area contributed by atoms with Gasteiger partial charge in [0.25, 0.3) is 0 Å². The zero-order valence-corrected chi connectivity index (χ0v) is 11.1. The number of halogens is 1. The Labute approximate surface area is 109 Å². The Balaban J connectivity index is 2.35. The fourth-order valence-electron chi connectivity index (χ4n) is 1.44. The first-order valence-corrected chi connectivity index (χ1v) is 6.09. The maximum atomic E-state index is 5.77. The Morgan fingerprint density at radius 2 is 2.00 bits per heavy atom. The highest BCUT2D eigenvalue weighted by molar-refractivity contribution is 9.10. The van der Waals surface area contributed by atoms with Gasteiger partial charge in [0.15, 0.2) is 0 Å². The van der Waals surface area contributed by atoms with Crippen molar-refractivity contribution in [2.75, 3.05) is 0 Å². The zero-order valence-electron chi connectivity index (χ0n) is 9.48. The summed E-state index contributed by atoms with van der Waals surface area (Å²) in [7, 11) is 0. The van der Waals surface area contributed by atoms with Crippen LogP contribution in [-0.4, -0.2) is 4.98 Å². The minimum atomic E-state index is 0.410. The number of aromatic nitrogens is 1. The van der Waals surface area contributed by atoms with Crippen LogP contribution in [0.3, 0.4) is 0 Å². The molecule has 0 spiro atoms. The van der Waals surface area contributed by atoms with E-state index in [1.165, 1.54) is 0 Å². The van der Waals surface area contributed by atoms with Gasteiger partial charge in [-0.05, 0) is 41.1 Å². The molecule has 1 aromatic heterocycles. The number of nitrogens with two attached hydrogens (primary N) is 1. The third kappa shape index (κ3) is 2.84. The van der Waals surface area contributed by atoms with Crippen molar-refractivity contribution in [3.05, 3.63) is 52.1 Å². The van der Waals surface area contributed by atoms with Crippen LogP contribution in [0, 0.1) is 6.92 Å². The number of benzene rings is 1. The van der Waals surface area contributed by atoms with Gasteiger partial charge in [-0.2, -0.15) is 0 Å². The Kier molecular flexibility index (Phi) is 3.76. The van der Waals surface area contributed by atoms with Crippen LogP contribution < -0.4 is 10.5 Å². The lowest BCUT2D eigenvalue weighted by molar-refractivity contribution is 0.452. The Morgan fingerprint density at radius 1 is 1.24 bits per heavy atom. The van der Waals surface area contributed by atoms with E-state index < -0.39 is 0 Å². The lowest BCUT2D eigenvalue weighted by Crippen LogP contribution is -2.02. The molecule has 1 heterocycles. The quantitative estimate of drug-likeness (QED) is 0.943. The third-order valence-corrected chi connectivity index (χ3v) is 3.00. The van der Waals surface area contributed by atoms with Crippen molar-refractivity contribution >= 4 is 15.9 Å². The highest BCUT2D eigenvalue weighted by Gasteiger charge is 2.07. The van der Waals surface area contributed by atoms with Gasteiger partial charge < -0.3 is 10.5 Å². The molecule has 88 valence electrons. The van der Waals surface area contributed by atoms with E-state index in [2.05, 4.69) is 20.9 Å². The predicted octanol–water partition coefficient (Wildman–Crippen LogP) is 3.40. The molecular formula is C13H13BrN2O. The Bertz CT molecular complexity index is 529. The molecule has 17 heavy (non-hydrogen) atoms. The summed E-state index contributed by atoms with van der Waals surface area (Å²) in [6.45, 7) is 2.33. The molecule has 0 unspecified atom stereocenters. The van der Waals surface area contributed by atoms with Crippen LogP contribution in [0.2, 0.25) is 0 Å². The summed E-state index contributed by atoms with van der Waals surface area (Å²) in [5.74, 6) is 1.31. The summed E-state index contributed by atoms with van der Waals surface area (Å²) in [6, 6.07) is 11.5. The van der Waals surface area contributed by atoms with Gasteiger partial charge in [-0.1, -0.05) is 18.2 Å². The zero-order chi connectivity index (χ0) is 12.3. The standard InChI is InChI=1S/C13H13BrN2O/c1-9-6-7-10(8-15)13(16-9)17-12-5-3-2-4-11(12)14/h2-7H,8,15H2,1H3. The summed E-state index contributed by atoms with van der Waals surface area (Å²) in [4.78, 5) is 4.36. The maximum Gasteiger partial charge on any atom is 0.224 e. The smallest absolute Gasteiger partial charge is 0.224 e. The van der Waals surface area contributed by atoms with E-state index in [1.54, 1.807) is 0 Å². The SMILES string of the molecule is Cc1ccc(CN)c(Oc2ccccc2Br)n1. The van der Waals surface area contributed by atoms with Crippen molar-refractivity contribution in [3.63, 3.8) is 0 Å². The molecule has 0 atom stereocenters. The summed E-state index contributed by atoms with van der Waals surface area (Å²) in [5.41, 5.74) is 7.46. The average Bonchev–Trinajstić information content (AvgIpc) is 2.32. The van der Waals surface area contributed by atoms with Crippen molar-refractivity contribution in [2.45, 2.75) is 13.5 Å². The molecular weight excluding hydrogens is 280 g/mol. The number of nitrogens with zero attached hydrogens (tertiary/aromatic N) is 1. The second-order valence-electron chi connectivity index (χ2n) is 3.65. The largest absolute Gasteiger partial charge is 0.437 e. The minimum Gasteiger partial charge on any atom is -0.437 e. The summed E-state index contributed by atoms with van der Waals surface area (Å²) < 4.78 is 6.67. The van der Waals surface area contributed by atoms with Crippen molar-refractivity contribution in [1.82, 2.24) is 4.98 Å². The van der Waals surface area contributed by atoms with Crippen molar-refractivity contribution < 1.29 is 4.74 Å². The molecule has 0 fully saturated rings. The molecule has 0 aliphatic carbocycles. The highest BCUT2D eigenvalue weighted by Crippen LogP contribution is 2.29. The molecule has 2 rings (SSSR count). The number of aryl methyl sites for hydroxylation is 1. The summed E-state index contributed by atoms with van der Waals surface area (Å²) in [6.07, 6.45) is 0. The van der Waals surface area contributed by atoms with Crippen molar-refractivity contribution in [2.24, 2.45) is 5.73 Å². The van der Waals surface area contributed by atoms with Gasteiger partial charge in [0.2, 0.25) is 5.88 Å². The maximum absolute atomic E-state index is 5.77. The fourth-order valence-corrected chi connectivity index (χ4v) is 1.80. The molecule has 3 nitrogen and oxygen atoms in total.